The van der Waals surface area contributed by atoms with Gasteiger partial charge in [0.1, 0.15) is 0 Å². The van der Waals surface area contributed by atoms with Crippen molar-refractivity contribution in [3.8, 4) is 0 Å². The standard InChI is InChI=1S/C19H21ClN4O2S2/c1-23(2)28(25,26)22-19(27-3)24-13-17(14-7-5-4-6-8-14)18(21-24)15-9-11-16(20)12-10-15/h4-12,17H,13H2,1-3H3/b22-19-. The molecule has 1 aliphatic heterocycles. The molecule has 9 heteroatoms. The van der Waals surface area contributed by atoms with E-state index in [9.17, 15) is 8.42 Å². The van der Waals surface area contributed by atoms with E-state index in [1.165, 1.54) is 25.9 Å². The van der Waals surface area contributed by atoms with Crippen molar-refractivity contribution in [1.82, 2.24) is 9.31 Å². The average molecular weight is 437 g/mol. The second-order valence-electron chi connectivity index (χ2n) is 6.38. The molecule has 2 aromatic carbocycles. The third kappa shape index (κ3) is 4.57. The molecule has 0 aliphatic carbocycles. The highest BCUT2D eigenvalue weighted by Gasteiger charge is 2.32. The number of halogens is 1. The highest BCUT2D eigenvalue weighted by Crippen LogP contribution is 2.31. The Bertz CT molecular complexity index is 990. The smallest absolute Gasteiger partial charge is 0.240 e. The number of nitrogens with zero attached hydrogens (tertiary/aromatic N) is 4. The number of hydrazone groups is 1. The molecule has 0 spiro atoms. The third-order valence-corrected chi connectivity index (χ3v) is 6.68. The van der Waals surface area contributed by atoms with Gasteiger partial charge in [0.15, 0.2) is 5.17 Å². The normalized spacial score (nSPS) is 17.9. The number of hydrogen-bond acceptors (Lipinski definition) is 4. The van der Waals surface area contributed by atoms with Gasteiger partial charge in [0.2, 0.25) is 0 Å². The average Bonchev–Trinajstić information content (AvgIpc) is 3.12. The highest BCUT2D eigenvalue weighted by atomic mass is 35.5. The molecule has 0 amide bonds. The summed E-state index contributed by atoms with van der Waals surface area (Å²) in [7, 11) is -0.836. The first-order valence-electron chi connectivity index (χ1n) is 8.55. The second-order valence-corrected chi connectivity index (χ2v) is 9.39. The number of thioether (sulfide) groups is 1. The van der Waals surface area contributed by atoms with Gasteiger partial charge in [-0.2, -0.15) is 17.8 Å². The first-order valence-corrected chi connectivity index (χ1v) is 11.5. The van der Waals surface area contributed by atoms with Crippen molar-refractivity contribution in [2.24, 2.45) is 9.50 Å². The quantitative estimate of drug-likeness (QED) is 0.541. The number of hydrogen-bond donors (Lipinski definition) is 0. The van der Waals surface area contributed by atoms with Gasteiger partial charge >= 0.3 is 10.2 Å². The Morgan fingerprint density at radius 2 is 1.82 bits per heavy atom. The van der Waals surface area contributed by atoms with Crippen LogP contribution >= 0.6 is 23.4 Å². The van der Waals surface area contributed by atoms with Crippen LogP contribution in [-0.4, -0.2) is 55.5 Å². The van der Waals surface area contributed by atoms with E-state index in [1.807, 2.05) is 54.6 Å². The summed E-state index contributed by atoms with van der Waals surface area (Å²) in [5.74, 6) is -0.0122. The van der Waals surface area contributed by atoms with Crippen LogP contribution in [0.5, 0.6) is 0 Å². The Morgan fingerprint density at radius 3 is 2.39 bits per heavy atom. The van der Waals surface area contributed by atoms with E-state index in [1.54, 1.807) is 11.3 Å². The molecule has 148 valence electrons. The maximum Gasteiger partial charge on any atom is 0.324 e. The monoisotopic (exact) mass is 436 g/mol. The van der Waals surface area contributed by atoms with Crippen molar-refractivity contribution in [3.05, 3.63) is 70.7 Å². The van der Waals surface area contributed by atoms with Crippen LogP contribution in [0.3, 0.4) is 0 Å². The van der Waals surface area contributed by atoms with Crippen molar-refractivity contribution in [2.75, 3.05) is 26.9 Å². The summed E-state index contributed by atoms with van der Waals surface area (Å²) >= 11 is 7.28. The minimum Gasteiger partial charge on any atom is -0.240 e. The Morgan fingerprint density at radius 1 is 1.18 bits per heavy atom. The van der Waals surface area contributed by atoms with Crippen LogP contribution in [0.25, 0.3) is 0 Å². The zero-order valence-corrected chi connectivity index (χ0v) is 18.2. The zero-order chi connectivity index (χ0) is 20.3. The van der Waals surface area contributed by atoms with E-state index in [2.05, 4.69) is 4.40 Å². The van der Waals surface area contributed by atoms with E-state index < -0.39 is 10.2 Å². The van der Waals surface area contributed by atoms with Crippen LogP contribution in [0.2, 0.25) is 5.02 Å². The largest absolute Gasteiger partial charge is 0.324 e. The molecule has 0 saturated carbocycles. The summed E-state index contributed by atoms with van der Waals surface area (Å²) in [6.07, 6.45) is 1.79. The minimum atomic E-state index is -3.74. The maximum absolute atomic E-state index is 12.2. The number of rotatable bonds is 4. The lowest BCUT2D eigenvalue weighted by atomic mass is 9.91. The summed E-state index contributed by atoms with van der Waals surface area (Å²) < 4.78 is 29.5. The van der Waals surface area contributed by atoms with Gasteiger partial charge in [0.25, 0.3) is 0 Å². The van der Waals surface area contributed by atoms with E-state index >= 15 is 0 Å². The fourth-order valence-electron chi connectivity index (χ4n) is 2.82. The van der Waals surface area contributed by atoms with E-state index in [4.69, 9.17) is 16.7 Å². The van der Waals surface area contributed by atoms with Crippen LogP contribution in [-0.2, 0) is 10.2 Å². The first-order chi connectivity index (χ1) is 13.3. The lowest BCUT2D eigenvalue weighted by molar-refractivity contribution is 0.481. The third-order valence-electron chi connectivity index (χ3n) is 4.31. The molecule has 6 nitrogen and oxygen atoms in total. The van der Waals surface area contributed by atoms with Gasteiger partial charge in [0, 0.05) is 25.0 Å². The lowest BCUT2D eigenvalue weighted by Gasteiger charge is -2.17. The summed E-state index contributed by atoms with van der Waals surface area (Å²) in [5, 5.41) is 7.38. The fraction of sp³-hybridized carbons (Fsp3) is 0.263. The predicted molar refractivity (Wildman–Crippen MR) is 117 cm³/mol. The number of amidine groups is 1. The van der Waals surface area contributed by atoms with E-state index in [0.717, 1.165) is 21.1 Å². The molecule has 2 aromatic rings. The molecule has 3 rings (SSSR count). The molecule has 1 heterocycles. The lowest BCUT2D eigenvalue weighted by Crippen LogP contribution is -2.27. The summed E-state index contributed by atoms with van der Waals surface area (Å²) in [6, 6.07) is 17.5. The Hall–Kier alpha value is -1.87. The van der Waals surface area contributed by atoms with Gasteiger partial charge < -0.3 is 0 Å². The van der Waals surface area contributed by atoms with Gasteiger partial charge in [-0.3, -0.25) is 0 Å². The Kier molecular flexibility index (Phi) is 6.44. The zero-order valence-electron chi connectivity index (χ0n) is 15.8. The van der Waals surface area contributed by atoms with E-state index in [0.29, 0.717) is 16.7 Å². The fourth-order valence-corrected chi connectivity index (χ4v) is 4.31. The SMILES string of the molecule is CS/C(=N\S(=O)(=O)N(C)C)N1CC(c2ccccc2)C(c2ccc(Cl)cc2)=N1. The minimum absolute atomic E-state index is 0.0122. The number of benzene rings is 2. The Balaban J connectivity index is 2.04. The molecule has 1 aliphatic rings. The molecule has 0 fully saturated rings. The second kappa shape index (κ2) is 8.65. The maximum atomic E-state index is 12.2. The van der Waals surface area contributed by atoms with E-state index in [-0.39, 0.29) is 5.92 Å². The van der Waals surface area contributed by atoms with Crippen molar-refractivity contribution in [2.45, 2.75) is 5.92 Å². The van der Waals surface area contributed by atoms with Gasteiger partial charge in [-0.25, -0.2) is 5.01 Å². The van der Waals surface area contributed by atoms with Crippen LogP contribution in [0, 0.1) is 0 Å². The molecule has 1 atom stereocenters. The van der Waals surface area contributed by atoms with Gasteiger partial charge in [0.05, 0.1) is 12.3 Å². The molecule has 0 N–H and O–H groups in total. The van der Waals surface area contributed by atoms with Crippen molar-refractivity contribution in [1.29, 1.82) is 0 Å². The van der Waals surface area contributed by atoms with Crippen LogP contribution in [0.15, 0.2) is 64.1 Å². The summed E-state index contributed by atoms with van der Waals surface area (Å²) in [5.41, 5.74) is 2.90. The van der Waals surface area contributed by atoms with Gasteiger partial charge in [-0.15, -0.1) is 4.40 Å². The van der Waals surface area contributed by atoms with Gasteiger partial charge in [-0.05, 0) is 29.5 Å². The molecule has 0 radical (unpaired) electrons. The first kappa shape index (κ1) is 20.9. The predicted octanol–water partition coefficient (Wildman–Crippen LogP) is 3.67. The van der Waals surface area contributed by atoms with Crippen LogP contribution < -0.4 is 0 Å². The summed E-state index contributed by atoms with van der Waals surface area (Å²) in [4.78, 5) is 0. The molecule has 28 heavy (non-hydrogen) atoms. The van der Waals surface area contributed by atoms with Crippen molar-refractivity contribution < 1.29 is 8.42 Å². The molecular formula is C19H21ClN4O2S2. The molecule has 1 unspecified atom stereocenters. The Labute approximate surface area is 175 Å². The van der Waals surface area contributed by atoms with Crippen molar-refractivity contribution >= 4 is 44.5 Å². The van der Waals surface area contributed by atoms with Crippen LogP contribution in [0.4, 0.5) is 0 Å². The van der Waals surface area contributed by atoms with Crippen molar-refractivity contribution in [3.63, 3.8) is 0 Å². The van der Waals surface area contributed by atoms with Crippen LogP contribution in [0.1, 0.15) is 17.0 Å². The summed E-state index contributed by atoms with van der Waals surface area (Å²) in [6.45, 7) is 0.505. The molecular weight excluding hydrogens is 416 g/mol. The topological polar surface area (TPSA) is 65.3 Å². The van der Waals surface area contributed by atoms with Gasteiger partial charge in [-0.1, -0.05) is 65.8 Å². The highest BCUT2D eigenvalue weighted by molar-refractivity contribution is 8.13. The molecule has 0 aromatic heterocycles. The molecule has 0 bridgehead atoms. The molecule has 0 saturated heterocycles.